The fraction of sp³-hybridized carbons (Fsp3) is 0.455. The fourth-order valence-electron chi connectivity index (χ4n) is 3.39. The van der Waals surface area contributed by atoms with Crippen molar-refractivity contribution < 1.29 is 19.2 Å². The van der Waals surface area contributed by atoms with Crippen molar-refractivity contribution in [3.05, 3.63) is 35.4 Å². The van der Waals surface area contributed by atoms with Crippen molar-refractivity contribution in [1.29, 1.82) is 0 Å². The van der Waals surface area contributed by atoms with Gasteiger partial charge in [-0.1, -0.05) is 25.0 Å². The Bertz CT molecular complexity index is 831. The van der Waals surface area contributed by atoms with Crippen LogP contribution in [-0.4, -0.2) is 55.0 Å². The van der Waals surface area contributed by atoms with Crippen molar-refractivity contribution in [2.75, 3.05) is 31.1 Å². The number of rotatable bonds is 11. The van der Waals surface area contributed by atoms with E-state index < -0.39 is 23.9 Å². The first-order chi connectivity index (χ1) is 14.9. The summed E-state index contributed by atoms with van der Waals surface area (Å²) in [6, 6.07) is 6.34. The number of carbonyl (C=O) groups is 4. The Kier molecular flexibility index (Phi) is 9.05. The number of imide groups is 2. The van der Waals surface area contributed by atoms with Gasteiger partial charge in [0, 0.05) is 31.9 Å². The second-order valence-corrected chi connectivity index (χ2v) is 7.24. The molecule has 1 heterocycles. The third kappa shape index (κ3) is 6.84. The number of primary amides is 1. The zero-order chi connectivity index (χ0) is 22.8. The number of nitrogens with zero attached hydrogens (tertiary/aromatic N) is 2. The molecule has 31 heavy (non-hydrogen) atoms. The van der Waals surface area contributed by atoms with Crippen LogP contribution in [0, 0.1) is 0 Å². The second kappa shape index (κ2) is 11.7. The maximum atomic E-state index is 12.8. The van der Waals surface area contributed by atoms with Crippen LogP contribution in [0.25, 0.3) is 6.08 Å². The molecule has 1 saturated heterocycles. The minimum atomic E-state index is -0.695. The lowest BCUT2D eigenvalue weighted by atomic mass is 10.1. The Hall–Kier alpha value is -3.36. The van der Waals surface area contributed by atoms with Crippen LogP contribution >= 0.6 is 0 Å². The summed E-state index contributed by atoms with van der Waals surface area (Å²) < 4.78 is 0. The highest BCUT2D eigenvalue weighted by Crippen LogP contribution is 2.19. The molecule has 0 saturated carbocycles. The summed E-state index contributed by atoms with van der Waals surface area (Å²) in [4.78, 5) is 51.0. The van der Waals surface area contributed by atoms with Gasteiger partial charge in [-0.2, -0.15) is 0 Å². The van der Waals surface area contributed by atoms with Gasteiger partial charge in [-0.05, 0) is 50.5 Å². The molecule has 0 atom stereocenters. The molecule has 0 bridgehead atoms. The SMILES string of the molecule is CCN(CC)c1ccc(C=C2C(=O)NC(=O)N(CCCCCCNC(N)=O)C2=O)cc1. The molecule has 0 spiro atoms. The van der Waals surface area contributed by atoms with E-state index in [4.69, 9.17) is 5.73 Å². The zero-order valence-electron chi connectivity index (χ0n) is 18.1. The first kappa shape index (κ1) is 23.9. The lowest BCUT2D eigenvalue weighted by molar-refractivity contribution is -0.130. The molecule has 0 aromatic heterocycles. The highest BCUT2D eigenvalue weighted by atomic mass is 16.2. The minimum Gasteiger partial charge on any atom is -0.372 e. The lowest BCUT2D eigenvalue weighted by Crippen LogP contribution is -2.54. The van der Waals surface area contributed by atoms with E-state index in [1.165, 1.54) is 6.08 Å². The predicted molar refractivity (Wildman–Crippen MR) is 119 cm³/mol. The molecule has 1 aromatic carbocycles. The molecule has 0 aliphatic carbocycles. The van der Waals surface area contributed by atoms with E-state index in [1.54, 1.807) is 0 Å². The maximum absolute atomic E-state index is 12.8. The fourth-order valence-corrected chi connectivity index (χ4v) is 3.39. The van der Waals surface area contributed by atoms with Crippen LogP contribution < -0.4 is 21.3 Å². The van der Waals surface area contributed by atoms with E-state index in [0.717, 1.165) is 42.9 Å². The number of benzene rings is 1. The summed E-state index contributed by atoms with van der Waals surface area (Å²) in [5.74, 6) is -1.27. The van der Waals surface area contributed by atoms with E-state index in [9.17, 15) is 19.2 Å². The van der Waals surface area contributed by atoms with Crippen LogP contribution in [0.5, 0.6) is 0 Å². The Morgan fingerprint density at radius 3 is 2.32 bits per heavy atom. The minimum absolute atomic E-state index is 0.0548. The molecule has 1 aliphatic rings. The summed E-state index contributed by atoms with van der Waals surface area (Å²) >= 11 is 0. The van der Waals surface area contributed by atoms with Crippen molar-refractivity contribution in [2.45, 2.75) is 39.5 Å². The van der Waals surface area contributed by atoms with Crippen LogP contribution in [0.3, 0.4) is 0 Å². The van der Waals surface area contributed by atoms with Crippen molar-refractivity contribution >= 4 is 35.6 Å². The smallest absolute Gasteiger partial charge is 0.331 e. The predicted octanol–water partition coefficient (Wildman–Crippen LogP) is 2.22. The van der Waals surface area contributed by atoms with E-state index in [1.807, 2.05) is 24.3 Å². The molecule has 0 radical (unpaired) electrons. The van der Waals surface area contributed by atoms with Gasteiger partial charge in [-0.25, -0.2) is 9.59 Å². The average molecular weight is 430 g/mol. The van der Waals surface area contributed by atoms with E-state index in [0.29, 0.717) is 18.5 Å². The number of nitrogens with one attached hydrogen (secondary N) is 2. The van der Waals surface area contributed by atoms with Gasteiger partial charge in [0.25, 0.3) is 11.8 Å². The molecule has 9 heteroatoms. The average Bonchev–Trinajstić information content (AvgIpc) is 2.74. The number of nitrogens with two attached hydrogens (primary N) is 1. The van der Waals surface area contributed by atoms with Crippen LogP contribution in [0.4, 0.5) is 15.3 Å². The standard InChI is InChI=1S/C22H31N5O4/c1-3-26(4-2)17-11-9-16(10-12-17)15-18-19(28)25-22(31)27(20(18)29)14-8-6-5-7-13-24-21(23)30/h9-12,15H,3-8,13-14H2,1-2H3,(H3,23,24,30)(H,25,28,31). The third-order valence-corrected chi connectivity index (χ3v) is 5.13. The number of anilines is 1. The molecule has 2 rings (SSSR count). The molecule has 168 valence electrons. The van der Waals surface area contributed by atoms with Gasteiger partial charge in [-0.15, -0.1) is 0 Å². The molecule has 9 nitrogen and oxygen atoms in total. The summed E-state index contributed by atoms with van der Waals surface area (Å²) in [5, 5.41) is 4.75. The lowest BCUT2D eigenvalue weighted by Gasteiger charge is -2.26. The zero-order valence-corrected chi connectivity index (χ0v) is 18.1. The summed E-state index contributed by atoms with van der Waals surface area (Å²) in [6.07, 6.45) is 4.48. The van der Waals surface area contributed by atoms with Crippen LogP contribution in [0.2, 0.25) is 0 Å². The van der Waals surface area contributed by atoms with Crippen molar-refractivity contribution in [1.82, 2.24) is 15.5 Å². The van der Waals surface area contributed by atoms with Gasteiger partial charge in [-0.3, -0.25) is 19.8 Å². The Morgan fingerprint density at radius 1 is 1.06 bits per heavy atom. The molecular formula is C22H31N5O4. The number of amides is 6. The maximum Gasteiger partial charge on any atom is 0.331 e. The number of hydrogen-bond acceptors (Lipinski definition) is 5. The van der Waals surface area contributed by atoms with Gasteiger partial charge in [0.15, 0.2) is 0 Å². The van der Waals surface area contributed by atoms with Crippen LogP contribution in [0.15, 0.2) is 29.8 Å². The number of barbiturate groups is 1. The molecule has 1 aromatic rings. The highest BCUT2D eigenvalue weighted by Gasteiger charge is 2.35. The molecule has 0 unspecified atom stereocenters. The van der Waals surface area contributed by atoms with Crippen molar-refractivity contribution in [3.63, 3.8) is 0 Å². The molecule has 1 aliphatic heterocycles. The quantitative estimate of drug-likeness (QED) is 0.283. The first-order valence-corrected chi connectivity index (χ1v) is 10.6. The third-order valence-electron chi connectivity index (χ3n) is 5.13. The van der Waals surface area contributed by atoms with Crippen molar-refractivity contribution in [3.8, 4) is 0 Å². The Balaban J connectivity index is 1.97. The molecular weight excluding hydrogens is 398 g/mol. The number of urea groups is 2. The highest BCUT2D eigenvalue weighted by molar-refractivity contribution is 6.31. The van der Waals surface area contributed by atoms with E-state index >= 15 is 0 Å². The van der Waals surface area contributed by atoms with Gasteiger partial charge >= 0.3 is 12.1 Å². The van der Waals surface area contributed by atoms with Crippen LogP contribution in [-0.2, 0) is 9.59 Å². The summed E-state index contributed by atoms with van der Waals surface area (Å²) in [6.45, 7) is 6.64. The first-order valence-electron chi connectivity index (χ1n) is 10.6. The number of hydrogen-bond donors (Lipinski definition) is 3. The van der Waals surface area contributed by atoms with Crippen molar-refractivity contribution in [2.24, 2.45) is 5.73 Å². The Morgan fingerprint density at radius 2 is 1.71 bits per heavy atom. The normalized spacial score (nSPS) is 15.2. The van der Waals surface area contributed by atoms with Gasteiger partial charge in [0.2, 0.25) is 0 Å². The van der Waals surface area contributed by atoms with Crippen LogP contribution in [0.1, 0.15) is 45.1 Å². The topological polar surface area (TPSA) is 125 Å². The molecule has 6 amide bonds. The molecule has 1 fully saturated rings. The second-order valence-electron chi connectivity index (χ2n) is 7.24. The monoisotopic (exact) mass is 429 g/mol. The van der Waals surface area contributed by atoms with E-state index in [2.05, 4.69) is 29.4 Å². The number of carbonyl (C=O) groups excluding carboxylic acids is 4. The number of unbranched alkanes of at least 4 members (excludes halogenated alkanes) is 3. The van der Waals surface area contributed by atoms with Gasteiger partial charge < -0.3 is 16.0 Å². The van der Waals surface area contributed by atoms with Gasteiger partial charge in [0.1, 0.15) is 5.57 Å². The molecule has 4 N–H and O–H groups in total. The Labute approximate surface area is 182 Å². The summed E-state index contributed by atoms with van der Waals surface area (Å²) in [5.41, 5.74) is 6.72. The van der Waals surface area contributed by atoms with Gasteiger partial charge in [0.05, 0.1) is 0 Å². The van der Waals surface area contributed by atoms with E-state index in [-0.39, 0.29) is 12.1 Å². The largest absolute Gasteiger partial charge is 0.372 e. The summed E-state index contributed by atoms with van der Waals surface area (Å²) in [7, 11) is 0.